The fourth-order valence-electron chi connectivity index (χ4n) is 3.80. The van der Waals surface area contributed by atoms with Gasteiger partial charge in [-0.3, -0.25) is 4.79 Å². The van der Waals surface area contributed by atoms with Crippen LogP contribution in [0.4, 0.5) is 11.4 Å². The molecule has 160 valence electrons. The lowest BCUT2D eigenvalue weighted by atomic mass is 9.99. The summed E-state index contributed by atoms with van der Waals surface area (Å²) >= 11 is 5.47. The van der Waals surface area contributed by atoms with Gasteiger partial charge in [-0.25, -0.2) is 0 Å². The van der Waals surface area contributed by atoms with Crippen LogP contribution in [0, 0.1) is 5.92 Å². The first-order chi connectivity index (χ1) is 14.3. The number of hydrogen-bond donors (Lipinski definition) is 2. The fourth-order valence-corrected chi connectivity index (χ4v) is 4.09. The van der Waals surface area contributed by atoms with Gasteiger partial charge in [0.25, 0.3) is 5.91 Å². The van der Waals surface area contributed by atoms with Gasteiger partial charge in [-0.1, -0.05) is 19.1 Å². The zero-order valence-electron chi connectivity index (χ0n) is 18.3. The van der Waals surface area contributed by atoms with Crippen molar-refractivity contribution in [2.75, 3.05) is 37.4 Å². The molecular weight excluding hydrogens is 392 g/mol. The van der Waals surface area contributed by atoms with Gasteiger partial charge in [-0.15, -0.1) is 0 Å². The smallest absolute Gasteiger partial charge is 0.253 e. The van der Waals surface area contributed by atoms with Gasteiger partial charge in [0.15, 0.2) is 5.11 Å². The molecule has 1 fully saturated rings. The number of nitrogens with one attached hydrogen (secondary N) is 2. The van der Waals surface area contributed by atoms with E-state index in [1.807, 2.05) is 12.1 Å². The lowest BCUT2D eigenvalue weighted by Crippen LogP contribution is -2.34. The standard InChI is InChI=1S/C24H32N4OS/c1-17-6-5-15-28(16-17)22-13-9-19(10-14-22)18(2)25-24(30)26-21-11-7-20(8-12-21)23(29)27(3)4/h7-14,17-18H,5-6,15-16H2,1-4H3,(H2,25,26,30). The normalized spacial score (nSPS) is 17.2. The Labute approximate surface area is 185 Å². The van der Waals surface area contributed by atoms with Crippen LogP contribution in [-0.2, 0) is 0 Å². The molecule has 6 heteroatoms. The van der Waals surface area contributed by atoms with Crippen molar-refractivity contribution in [2.45, 2.75) is 32.7 Å². The van der Waals surface area contributed by atoms with Crippen LogP contribution >= 0.6 is 12.2 Å². The van der Waals surface area contributed by atoms with E-state index in [0.29, 0.717) is 10.7 Å². The second kappa shape index (κ2) is 9.94. The molecule has 30 heavy (non-hydrogen) atoms. The Bertz CT molecular complexity index is 864. The first kappa shape index (κ1) is 22.1. The highest BCUT2D eigenvalue weighted by Crippen LogP contribution is 2.24. The SMILES string of the molecule is CC1CCCN(c2ccc(C(C)NC(=S)Nc3ccc(C(=O)N(C)C)cc3)cc2)C1. The summed E-state index contributed by atoms with van der Waals surface area (Å²) in [5.74, 6) is 0.746. The van der Waals surface area contributed by atoms with E-state index < -0.39 is 0 Å². The summed E-state index contributed by atoms with van der Waals surface area (Å²) in [5, 5.41) is 7.09. The van der Waals surface area contributed by atoms with Crippen molar-refractivity contribution in [3.63, 3.8) is 0 Å². The molecule has 2 unspecified atom stereocenters. The molecule has 0 bridgehead atoms. The zero-order chi connectivity index (χ0) is 21.7. The number of benzene rings is 2. The third-order valence-corrected chi connectivity index (χ3v) is 5.78. The third-order valence-electron chi connectivity index (χ3n) is 5.56. The maximum absolute atomic E-state index is 12.0. The van der Waals surface area contributed by atoms with Crippen LogP contribution < -0.4 is 15.5 Å². The number of carbonyl (C=O) groups is 1. The molecule has 1 aliphatic rings. The van der Waals surface area contributed by atoms with Gasteiger partial charge in [-0.2, -0.15) is 0 Å². The molecule has 2 aromatic carbocycles. The number of hydrogen-bond acceptors (Lipinski definition) is 3. The number of nitrogens with zero attached hydrogens (tertiary/aromatic N) is 2. The van der Waals surface area contributed by atoms with Crippen molar-refractivity contribution in [3.8, 4) is 0 Å². The van der Waals surface area contributed by atoms with Gasteiger partial charge >= 0.3 is 0 Å². The van der Waals surface area contributed by atoms with Crippen LogP contribution in [-0.4, -0.2) is 43.1 Å². The van der Waals surface area contributed by atoms with E-state index in [1.54, 1.807) is 31.1 Å². The summed E-state index contributed by atoms with van der Waals surface area (Å²) in [7, 11) is 3.49. The second-order valence-electron chi connectivity index (χ2n) is 8.38. The van der Waals surface area contributed by atoms with Gasteiger partial charge in [0.05, 0.1) is 6.04 Å². The molecule has 1 heterocycles. The highest BCUT2D eigenvalue weighted by atomic mass is 32.1. The predicted molar refractivity (Wildman–Crippen MR) is 129 cm³/mol. The molecule has 5 nitrogen and oxygen atoms in total. The van der Waals surface area contributed by atoms with E-state index in [4.69, 9.17) is 12.2 Å². The summed E-state index contributed by atoms with van der Waals surface area (Å²) < 4.78 is 0. The van der Waals surface area contributed by atoms with E-state index in [-0.39, 0.29) is 11.9 Å². The Kier molecular flexibility index (Phi) is 7.32. The Morgan fingerprint density at radius 2 is 1.80 bits per heavy atom. The van der Waals surface area contributed by atoms with Crippen molar-refractivity contribution in [1.29, 1.82) is 0 Å². The van der Waals surface area contributed by atoms with Gasteiger partial charge in [0.1, 0.15) is 0 Å². The largest absolute Gasteiger partial charge is 0.371 e. The van der Waals surface area contributed by atoms with Gasteiger partial charge < -0.3 is 20.4 Å². The molecule has 2 atom stereocenters. The van der Waals surface area contributed by atoms with E-state index in [1.165, 1.54) is 24.1 Å². The summed E-state index contributed by atoms with van der Waals surface area (Å²) in [6, 6.07) is 16.2. The van der Waals surface area contributed by atoms with E-state index in [0.717, 1.165) is 24.7 Å². The maximum Gasteiger partial charge on any atom is 0.253 e. The molecule has 3 rings (SSSR count). The summed E-state index contributed by atoms with van der Waals surface area (Å²) in [6.45, 7) is 6.71. The minimum absolute atomic E-state index is 0.0154. The van der Waals surface area contributed by atoms with Crippen molar-refractivity contribution in [2.24, 2.45) is 5.92 Å². The van der Waals surface area contributed by atoms with Crippen LogP contribution in [0.2, 0.25) is 0 Å². The average Bonchev–Trinajstić information content (AvgIpc) is 2.73. The maximum atomic E-state index is 12.0. The van der Waals surface area contributed by atoms with Crippen LogP contribution in [0.5, 0.6) is 0 Å². The van der Waals surface area contributed by atoms with Crippen LogP contribution in [0.25, 0.3) is 0 Å². The van der Waals surface area contributed by atoms with Crippen LogP contribution in [0.1, 0.15) is 48.7 Å². The highest BCUT2D eigenvalue weighted by molar-refractivity contribution is 7.80. The molecule has 0 spiro atoms. The van der Waals surface area contributed by atoms with Gasteiger partial charge in [0, 0.05) is 44.1 Å². The first-order valence-electron chi connectivity index (χ1n) is 10.6. The molecule has 2 N–H and O–H groups in total. The Morgan fingerprint density at radius 3 is 2.40 bits per heavy atom. The Hall–Kier alpha value is -2.60. The quantitative estimate of drug-likeness (QED) is 0.683. The zero-order valence-corrected chi connectivity index (χ0v) is 19.1. The second-order valence-corrected chi connectivity index (χ2v) is 8.79. The molecule has 0 radical (unpaired) electrons. The summed E-state index contributed by atoms with van der Waals surface area (Å²) in [6.07, 6.45) is 2.60. The number of carbonyl (C=O) groups excluding carboxylic acids is 1. The Morgan fingerprint density at radius 1 is 1.13 bits per heavy atom. The number of amides is 1. The Balaban J connectivity index is 1.54. The van der Waals surface area contributed by atoms with E-state index in [9.17, 15) is 4.79 Å². The number of thiocarbonyl (C=S) groups is 1. The van der Waals surface area contributed by atoms with Crippen LogP contribution in [0.3, 0.4) is 0 Å². The molecule has 2 aromatic rings. The number of anilines is 2. The predicted octanol–water partition coefficient (Wildman–Crippen LogP) is 4.67. The van der Waals surface area contributed by atoms with E-state index >= 15 is 0 Å². The van der Waals surface area contributed by atoms with Crippen molar-refractivity contribution >= 4 is 34.6 Å². The van der Waals surface area contributed by atoms with Crippen molar-refractivity contribution in [3.05, 3.63) is 59.7 Å². The molecule has 0 aliphatic carbocycles. The minimum atomic E-state index is -0.0154. The topological polar surface area (TPSA) is 47.6 Å². The minimum Gasteiger partial charge on any atom is -0.371 e. The number of piperidine rings is 1. The first-order valence-corrected chi connectivity index (χ1v) is 11.0. The summed E-state index contributed by atoms with van der Waals surface area (Å²) in [5.41, 5.74) is 4.00. The lowest BCUT2D eigenvalue weighted by molar-refractivity contribution is 0.0827. The van der Waals surface area contributed by atoms with E-state index in [2.05, 4.69) is 53.6 Å². The third kappa shape index (κ3) is 5.72. The fraction of sp³-hybridized carbons (Fsp3) is 0.417. The highest BCUT2D eigenvalue weighted by Gasteiger charge is 2.17. The summed E-state index contributed by atoms with van der Waals surface area (Å²) in [4.78, 5) is 16.0. The average molecular weight is 425 g/mol. The van der Waals surface area contributed by atoms with Gasteiger partial charge in [0.2, 0.25) is 0 Å². The van der Waals surface area contributed by atoms with Crippen molar-refractivity contribution < 1.29 is 4.79 Å². The van der Waals surface area contributed by atoms with Gasteiger partial charge in [-0.05, 0) is 79.9 Å². The molecule has 0 aromatic heterocycles. The number of rotatable bonds is 5. The molecule has 1 amide bonds. The van der Waals surface area contributed by atoms with Crippen molar-refractivity contribution in [1.82, 2.24) is 10.2 Å². The monoisotopic (exact) mass is 424 g/mol. The van der Waals surface area contributed by atoms with Crippen LogP contribution in [0.15, 0.2) is 48.5 Å². The molecule has 0 saturated carbocycles. The lowest BCUT2D eigenvalue weighted by Gasteiger charge is -2.33. The molecule has 1 saturated heterocycles. The molecule has 1 aliphatic heterocycles. The molecular formula is C24H32N4OS.